The number of rotatable bonds is 12. The van der Waals surface area contributed by atoms with E-state index >= 15 is 0 Å². The minimum absolute atomic E-state index is 0.120. The van der Waals surface area contributed by atoms with Crippen molar-refractivity contribution in [3.05, 3.63) is 75.6 Å². The summed E-state index contributed by atoms with van der Waals surface area (Å²) >= 11 is 0. The molecule has 0 unspecified atom stereocenters. The minimum atomic E-state index is -4.09. The van der Waals surface area contributed by atoms with E-state index in [-0.39, 0.29) is 11.5 Å². The summed E-state index contributed by atoms with van der Waals surface area (Å²) in [4.78, 5) is 0. The number of phosphoric ester groups is 2. The minimum Gasteiger partial charge on any atom is -0.395 e. The summed E-state index contributed by atoms with van der Waals surface area (Å²) in [6, 6.07) is 5.82. The van der Waals surface area contributed by atoms with Gasteiger partial charge in [0.15, 0.2) is 11.5 Å². The Morgan fingerprint density at radius 1 is 0.667 bits per heavy atom. The molecule has 24 heavy (non-hydrogen) atoms. The van der Waals surface area contributed by atoms with Gasteiger partial charge in [-0.15, -0.1) is 0 Å². The van der Waals surface area contributed by atoms with E-state index in [1.807, 2.05) is 0 Å². The van der Waals surface area contributed by atoms with E-state index in [0.29, 0.717) is 0 Å². The van der Waals surface area contributed by atoms with Crippen molar-refractivity contribution >= 4 is 15.6 Å². The lowest BCUT2D eigenvalue weighted by Crippen LogP contribution is -2.01. The number of para-hydroxylation sites is 2. The van der Waals surface area contributed by atoms with Gasteiger partial charge in [0.1, 0.15) is 0 Å². The monoisotopic (exact) mass is 374 g/mol. The number of benzene rings is 1. The quantitative estimate of drug-likeness (QED) is 0.360. The summed E-state index contributed by atoms with van der Waals surface area (Å²) in [5.74, 6) is -0.241. The molecule has 8 nitrogen and oxygen atoms in total. The molecular weight excluding hydrogens is 358 g/mol. The standard InChI is InChI=1S/C14H16O8P2/c1-5-17-23(15,18-6-2)21-13-11-9-10-12-14(13)22-24(16,19-7-3)20-8-4/h5-12H,1-4H2. The first-order valence-electron chi connectivity index (χ1n) is 6.27. The van der Waals surface area contributed by atoms with Crippen LogP contribution in [0.15, 0.2) is 75.6 Å². The Hall–Kier alpha value is -2.56. The lowest BCUT2D eigenvalue weighted by molar-refractivity contribution is 0.236. The molecule has 0 N–H and O–H groups in total. The SMILES string of the molecule is C=COP(=O)(OC=C)Oc1ccccc1OP(=O)(OC=C)OC=C. The molecule has 0 radical (unpaired) electrons. The number of hydrogen-bond acceptors (Lipinski definition) is 8. The summed E-state index contributed by atoms with van der Waals surface area (Å²) in [7, 11) is -8.18. The maximum absolute atomic E-state index is 12.3. The second-order valence-electron chi connectivity index (χ2n) is 3.61. The van der Waals surface area contributed by atoms with Crippen molar-refractivity contribution in [1.82, 2.24) is 0 Å². The highest BCUT2D eigenvalue weighted by Gasteiger charge is 2.34. The second kappa shape index (κ2) is 8.91. The molecule has 10 heteroatoms. The zero-order valence-corrected chi connectivity index (χ0v) is 14.4. The van der Waals surface area contributed by atoms with Crippen molar-refractivity contribution < 1.29 is 36.3 Å². The van der Waals surface area contributed by atoms with Crippen LogP contribution >= 0.6 is 15.6 Å². The van der Waals surface area contributed by atoms with Crippen LogP contribution in [0.3, 0.4) is 0 Å². The average molecular weight is 374 g/mol. The molecule has 0 bridgehead atoms. The first-order chi connectivity index (χ1) is 11.4. The lowest BCUT2D eigenvalue weighted by atomic mass is 10.3. The van der Waals surface area contributed by atoms with Gasteiger partial charge in [0.05, 0.1) is 25.0 Å². The molecular formula is C14H16O8P2. The molecule has 0 amide bonds. The van der Waals surface area contributed by atoms with Crippen LogP contribution in [-0.2, 0) is 27.2 Å². The van der Waals surface area contributed by atoms with Gasteiger partial charge in [0.2, 0.25) is 0 Å². The van der Waals surface area contributed by atoms with E-state index in [4.69, 9.17) is 27.1 Å². The molecule has 1 aromatic rings. The van der Waals surface area contributed by atoms with Crippen LogP contribution in [0.25, 0.3) is 0 Å². The van der Waals surface area contributed by atoms with E-state index in [1.54, 1.807) is 12.1 Å². The van der Waals surface area contributed by atoms with Crippen LogP contribution < -0.4 is 9.05 Å². The molecule has 0 fully saturated rings. The fourth-order valence-electron chi connectivity index (χ4n) is 1.34. The second-order valence-corrected chi connectivity index (χ2v) is 6.61. The summed E-state index contributed by atoms with van der Waals surface area (Å²) in [5, 5.41) is 0. The van der Waals surface area contributed by atoms with Gasteiger partial charge >= 0.3 is 15.6 Å². The Bertz CT molecular complexity index is 613. The molecule has 1 aromatic carbocycles. The van der Waals surface area contributed by atoms with Crippen molar-refractivity contribution in [2.24, 2.45) is 0 Å². The van der Waals surface area contributed by atoms with E-state index < -0.39 is 15.6 Å². The zero-order valence-electron chi connectivity index (χ0n) is 12.6. The van der Waals surface area contributed by atoms with Crippen LogP contribution in [0.4, 0.5) is 0 Å². The highest BCUT2D eigenvalue weighted by atomic mass is 31.2. The van der Waals surface area contributed by atoms with Gasteiger partial charge < -0.3 is 27.1 Å². The average Bonchev–Trinajstić information content (AvgIpc) is 2.50. The van der Waals surface area contributed by atoms with Gasteiger partial charge in [-0.2, -0.15) is 9.13 Å². The van der Waals surface area contributed by atoms with E-state index in [0.717, 1.165) is 25.0 Å². The van der Waals surface area contributed by atoms with E-state index in [1.165, 1.54) is 12.1 Å². The fourth-order valence-corrected chi connectivity index (χ4v) is 3.13. The van der Waals surface area contributed by atoms with Gasteiger partial charge in [-0.3, -0.25) is 0 Å². The third-order valence-corrected chi connectivity index (χ3v) is 4.55. The van der Waals surface area contributed by atoms with Gasteiger partial charge in [-0.25, -0.2) is 0 Å². The van der Waals surface area contributed by atoms with Gasteiger partial charge in [-0.05, 0) is 12.1 Å². The normalized spacial score (nSPS) is 10.7. The maximum Gasteiger partial charge on any atom is 0.645 e. The van der Waals surface area contributed by atoms with Crippen LogP contribution in [0.2, 0.25) is 0 Å². The third kappa shape index (κ3) is 5.57. The van der Waals surface area contributed by atoms with Gasteiger partial charge in [0.25, 0.3) is 0 Å². The van der Waals surface area contributed by atoms with E-state index in [9.17, 15) is 9.13 Å². The molecule has 0 spiro atoms. The highest BCUT2D eigenvalue weighted by molar-refractivity contribution is 7.49. The Morgan fingerprint density at radius 2 is 0.958 bits per heavy atom. The molecule has 0 aliphatic carbocycles. The number of hydrogen-bond donors (Lipinski definition) is 0. The van der Waals surface area contributed by atoms with Crippen LogP contribution in [0.1, 0.15) is 0 Å². The predicted molar refractivity (Wildman–Crippen MR) is 88.0 cm³/mol. The molecule has 0 saturated heterocycles. The molecule has 0 aliphatic rings. The molecule has 0 heterocycles. The fraction of sp³-hybridized carbons (Fsp3) is 0. The largest absolute Gasteiger partial charge is 0.645 e. The summed E-state index contributed by atoms with van der Waals surface area (Å²) in [5.41, 5.74) is 0. The summed E-state index contributed by atoms with van der Waals surface area (Å²) in [6.45, 7) is 13.1. The van der Waals surface area contributed by atoms with Gasteiger partial charge in [0, 0.05) is 0 Å². The van der Waals surface area contributed by atoms with Crippen molar-refractivity contribution in [2.45, 2.75) is 0 Å². The Kier molecular flexibility index (Phi) is 7.24. The van der Waals surface area contributed by atoms with Crippen molar-refractivity contribution in [3.63, 3.8) is 0 Å². The molecule has 0 saturated carbocycles. The topological polar surface area (TPSA) is 89.5 Å². The highest BCUT2D eigenvalue weighted by Crippen LogP contribution is 2.55. The van der Waals surface area contributed by atoms with Crippen molar-refractivity contribution in [2.75, 3.05) is 0 Å². The van der Waals surface area contributed by atoms with Crippen molar-refractivity contribution in [1.29, 1.82) is 0 Å². The van der Waals surface area contributed by atoms with Crippen LogP contribution in [-0.4, -0.2) is 0 Å². The first-order valence-corrected chi connectivity index (χ1v) is 9.19. The molecule has 0 aliphatic heterocycles. The van der Waals surface area contributed by atoms with E-state index in [2.05, 4.69) is 26.3 Å². The Labute approximate surface area is 139 Å². The summed E-state index contributed by atoms with van der Waals surface area (Å²) in [6.07, 6.45) is 3.50. The van der Waals surface area contributed by atoms with Crippen LogP contribution in [0, 0.1) is 0 Å². The summed E-state index contributed by atoms with van der Waals surface area (Å²) < 4.78 is 54.0. The lowest BCUT2D eigenvalue weighted by Gasteiger charge is -2.19. The molecule has 0 atom stereocenters. The number of phosphoric acid groups is 2. The Balaban J connectivity index is 3.15. The smallest absolute Gasteiger partial charge is 0.395 e. The van der Waals surface area contributed by atoms with Crippen molar-refractivity contribution in [3.8, 4) is 11.5 Å². The predicted octanol–water partition coefficient (Wildman–Crippen LogP) is 5.30. The maximum atomic E-state index is 12.3. The molecule has 130 valence electrons. The third-order valence-electron chi connectivity index (χ3n) is 2.08. The molecule has 1 rings (SSSR count). The zero-order chi connectivity index (χ0) is 18.1. The molecule has 0 aromatic heterocycles. The Morgan fingerprint density at radius 3 is 1.21 bits per heavy atom. The van der Waals surface area contributed by atoms with Gasteiger partial charge in [-0.1, -0.05) is 38.4 Å². The van der Waals surface area contributed by atoms with Crippen LogP contribution in [0.5, 0.6) is 11.5 Å². The first kappa shape index (κ1) is 19.5.